The van der Waals surface area contributed by atoms with Gasteiger partial charge in [0, 0.05) is 24.0 Å². The van der Waals surface area contributed by atoms with Crippen molar-refractivity contribution >= 4 is 34.0 Å². The van der Waals surface area contributed by atoms with E-state index in [9.17, 15) is 9.59 Å². The molecule has 0 bridgehead atoms. The SMILES string of the molecule is Cc1csc(NC(=O)C2CC(=O)N(c3cccc(C)c3C)C2)n1. The molecule has 6 heteroatoms. The van der Waals surface area contributed by atoms with Crippen LogP contribution < -0.4 is 10.2 Å². The number of rotatable bonds is 3. The lowest BCUT2D eigenvalue weighted by molar-refractivity contribution is -0.122. The molecule has 1 saturated heterocycles. The van der Waals surface area contributed by atoms with Crippen LogP contribution in [0.5, 0.6) is 0 Å². The maximum absolute atomic E-state index is 12.4. The van der Waals surface area contributed by atoms with Crippen LogP contribution in [0.25, 0.3) is 0 Å². The number of carbonyl (C=O) groups is 2. The van der Waals surface area contributed by atoms with Crippen molar-refractivity contribution < 1.29 is 9.59 Å². The Labute approximate surface area is 139 Å². The molecule has 1 unspecified atom stereocenters. The van der Waals surface area contributed by atoms with Gasteiger partial charge in [-0.1, -0.05) is 12.1 Å². The molecule has 2 amide bonds. The van der Waals surface area contributed by atoms with E-state index in [1.54, 1.807) is 4.90 Å². The van der Waals surface area contributed by atoms with E-state index < -0.39 is 0 Å². The number of nitrogens with zero attached hydrogens (tertiary/aromatic N) is 2. The molecule has 23 heavy (non-hydrogen) atoms. The molecular weight excluding hydrogens is 310 g/mol. The van der Waals surface area contributed by atoms with Crippen LogP contribution in [0.1, 0.15) is 23.2 Å². The largest absolute Gasteiger partial charge is 0.311 e. The lowest BCUT2D eigenvalue weighted by atomic mass is 10.1. The van der Waals surface area contributed by atoms with E-state index in [-0.39, 0.29) is 24.2 Å². The summed E-state index contributed by atoms with van der Waals surface area (Å²) in [5, 5.41) is 5.29. The Hall–Kier alpha value is -2.21. The minimum atomic E-state index is -0.341. The fourth-order valence-corrected chi connectivity index (χ4v) is 3.45. The summed E-state index contributed by atoms with van der Waals surface area (Å²) >= 11 is 1.40. The molecule has 2 aromatic rings. The molecule has 5 nitrogen and oxygen atoms in total. The molecule has 1 fully saturated rings. The third-order valence-electron chi connectivity index (χ3n) is 4.21. The summed E-state index contributed by atoms with van der Waals surface area (Å²) in [6.45, 7) is 6.32. The van der Waals surface area contributed by atoms with E-state index in [0.29, 0.717) is 11.7 Å². The van der Waals surface area contributed by atoms with Crippen LogP contribution >= 0.6 is 11.3 Å². The molecule has 0 saturated carbocycles. The fraction of sp³-hybridized carbons (Fsp3) is 0.353. The van der Waals surface area contributed by atoms with Crippen molar-refractivity contribution in [2.45, 2.75) is 27.2 Å². The molecule has 120 valence electrons. The summed E-state index contributed by atoms with van der Waals surface area (Å²) in [4.78, 5) is 30.7. The zero-order valence-electron chi connectivity index (χ0n) is 13.4. The Morgan fingerprint density at radius 2 is 2.13 bits per heavy atom. The van der Waals surface area contributed by atoms with Crippen LogP contribution in [0.2, 0.25) is 0 Å². The Morgan fingerprint density at radius 3 is 2.83 bits per heavy atom. The number of aryl methyl sites for hydroxylation is 2. The molecule has 1 atom stereocenters. The van der Waals surface area contributed by atoms with Crippen molar-refractivity contribution in [1.82, 2.24) is 4.98 Å². The van der Waals surface area contributed by atoms with E-state index in [1.165, 1.54) is 11.3 Å². The number of hydrogen-bond donors (Lipinski definition) is 1. The number of nitrogens with one attached hydrogen (secondary N) is 1. The van der Waals surface area contributed by atoms with Crippen molar-refractivity contribution in [3.63, 3.8) is 0 Å². The molecule has 1 aromatic carbocycles. The van der Waals surface area contributed by atoms with Crippen LogP contribution in [-0.4, -0.2) is 23.3 Å². The second-order valence-electron chi connectivity index (χ2n) is 5.91. The van der Waals surface area contributed by atoms with Crippen molar-refractivity contribution in [3.05, 3.63) is 40.4 Å². The summed E-state index contributed by atoms with van der Waals surface area (Å²) in [6.07, 6.45) is 0.240. The third-order valence-corrected chi connectivity index (χ3v) is 5.09. The number of benzene rings is 1. The Morgan fingerprint density at radius 1 is 1.35 bits per heavy atom. The molecule has 0 spiro atoms. The predicted octanol–water partition coefficient (Wildman–Crippen LogP) is 3.06. The summed E-state index contributed by atoms with van der Waals surface area (Å²) < 4.78 is 0. The highest BCUT2D eigenvalue weighted by atomic mass is 32.1. The van der Waals surface area contributed by atoms with Crippen LogP contribution in [0.3, 0.4) is 0 Å². The lowest BCUT2D eigenvalue weighted by Crippen LogP contribution is -2.28. The molecule has 1 aliphatic heterocycles. The minimum absolute atomic E-state index is 0.00540. The molecule has 0 aliphatic carbocycles. The molecule has 3 rings (SSSR count). The van der Waals surface area contributed by atoms with Gasteiger partial charge in [-0.25, -0.2) is 4.98 Å². The van der Waals surface area contributed by atoms with Gasteiger partial charge in [-0.2, -0.15) is 0 Å². The quantitative estimate of drug-likeness (QED) is 0.941. The van der Waals surface area contributed by atoms with Gasteiger partial charge in [0.15, 0.2) is 5.13 Å². The normalized spacial score (nSPS) is 17.6. The highest BCUT2D eigenvalue weighted by Crippen LogP contribution is 2.30. The summed E-state index contributed by atoms with van der Waals surface area (Å²) in [6, 6.07) is 5.90. The molecule has 1 N–H and O–H groups in total. The molecule has 2 heterocycles. The van der Waals surface area contributed by atoms with Crippen LogP contribution in [0.4, 0.5) is 10.8 Å². The molecular formula is C17H19N3O2S. The topological polar surface area (TPSA) is 62.3 Å². The first-order valence-corrected chi connectivity index (χ1v) is 8.43. The summed E-state index contributed by atoms with van der Waals surface area (Å²) in [7, 11) is 0. The Bertz CT molecular complexity index is 769. The van der Waals surface area contributed by atoms with Crippen molar-refractivity contribution in [2.75, 3.05) is 16.8 Å². The third kappa shape index (κ3) is 3.12. The van der Waals surface area contributed by atoms with Crippen molar-refractivity contribution in [3.8, 4) is 0 Å². The van der Waals surface area contributed by atoms with Gasteiger partial charge in [0.05, 0.1) is 11.6 Å². The zero-order chi connectivity index (χ0) is 16.6. The first-order chi connectivity index (χ1) is 11.0. The first kappa shape index (κ1) is 15.7. The second-order valence-corrected chi connectivity index (χ2v) is 6.77. The number of hydrogen-bond acceptors (Lipinski definition) is 4. The number of thiazole rings is 1. The number of anilines is 2. The average molecular weight is 329 g/mol. The standard InChI is InChI=1S/C17H19N3O2S/c1-10-5-4-6-14(12(10)3)20-8-13(7-15(20)21)16(22)19-17-18-11(2)9-23-17/h4-6,9,13H,7-8H2,1-3H3,(H,18,19,22). The van der Waals surface area contributed by atoms with Crippen molar-refractivity contribution in [1.29, 1.82) is 0 Å². The van der Waals surface area contributed by atoms with Gasteiger partial charge >= 0.3 is 0 Å². The van der Waals surface area contributed by atoms with E-state index in [1.807, 2.05) is 44.4 Å². The van der Waals surface area contributed by atoms with Gasteiger partial charge < -0.3 is 10.2 Å². The maximum Gasteiger partial charge on any atom is 0.231 e. The predicted molar refractivity (Wildman–Crippen MR) is 91.9 cm³/mol. The highest BCUT2D eigenvalue weighted by Gasteiger charge is 2.36. The second kappa shape index (κ2) is 6.12. The summed E-state index contributed by atoms with van der Waals surface area (Å²) in [5.74, 6) is -0.485. The fourth-order valence-electron chi connectivity index (χ4n) is 2.76. The number of amides is 2. The first-order valence-electron chi connectivity index (χ1n) is 7.55. The molecule has 1 aromatic heterocycles. The van der Waals surface area contributed by atoms with E-state index >= 15 is 0 Å². The molecule has 0 radical (unpaired) electrons. The Balaban J connectivity index is 1.74. The number of carbonyl (C=O) groups excluding carboxylic acids is 2. The van der Waals surface area contributed by atoms with Crippen molar-refractivity contribution in [2.24, 2.45) is 5.92 Å². The van der Waals surface area contributed by atoms with Gasteiger partial charge in [-0.05, 0) is 38.0 Å². The van der Waals surface area contributed by atoms with Gasteiger partial charge in [0.1, 0.15) is 0 Å². The average Bonchev–Trinajstić information content (AvgIpc) is 3.08. The van der Waals surface area contributed by atoms with E-state index in [4.69, 9.17) is 0 Å². The zero-order valence-corrected chi connectivity index (χ0v) is 14.2. The number of aromatic nitrogens is 1. The monoisotopic (exact) mass is 329 g/mol. The van der Waals surface area contributed by atoms with Gasteiger partial charge in [-0.15, -0.1) is 11.3 Å². The van der Waals surface area contributed by atoms with Gasteiger partial charge in [0.2, 0.25) is 11.8 Å². The highest BCUT2D eigenvalue weighted by molar-refractivity contribution is 7.13. The van der Waals surface area contributed by atoms with E-state index in [0.717, 1.165) is 22.5 Å². The van der Waals surface area contributed by atoms with Crippen LogP contribution in [-0.2, 0) is 9.59 Å². The maximum atomic E-state index is 12.4. The lowest BCUT2D eigenvalue weighted by Gasteiger charge is -2.20. The smallest absolute Gasteiger partial charge is 0.231 e. The van der Waals surface area contributed by atoms with Gasteiger partial charge in [0.25, 0.3) is 0 Å². The Kier molecular flexibility index (Phi) is 4.17. The minimum Gasteiger partial charge on any atom is -0.311 e. The molecule has 1 aliphatic rings. The van der Waals surface area contributed by atoms with Gasteiger partial charge in [-0.3, -0.25) is 9.59 Å². The summed E-state index contributed by atoms with van der Waals surface area (Å²) in [5.41, 5.74) is 4.00. The van der Waals surface area contributed by atoms with E-state index in [2.05, 4.69) is 10.3 Å². The van der Waals surface area contributed by atoms with Crippen LogP contribution in [0, 0.1) is 26.7 Å². The van der Waals surface area contributed by atoms with Crippen LogP contribution in [0.15, 0.2) is 23.6 Å².